The lowest BCUT2D eigenvalue weighted by atomic mass is 10.0. The van der Waals surface area contributed by atoms with Gasteiger partial charge in [-0.15, -0.1) is 0 Å². The Morgan fingerprint density at radius 2 is 2.03 bits per heavy atom. The van der Waals surface area contributed by atoms with E-state index < -0.39 is 5.91 Å². The monoisotopic (exact) mass is 448 g/mol. The van der Waals surface area contributed by atoms with Crippen LogP contribution in [0.4, 0.5) is 4.39 Å². The Morgan fingerprint density at radius 3 is 2.79 bits per heavy atom. The molecule has 33 heavy (non-hydrogen) atoms. The van der Waals surface area contributed by atoms with Gasteiger partial charge >= 0.3 is 0 Å². The van der Waals surface area contributed by atoms with E-state index in [4.69, 9.17) is 10.2 Å². The molecule has 1 aliphatic rings. The van der Waals surface area contributed by atoms with Gasteiger partial charge in [0.2, 0.25) is 0 Å². The summed E-state index contributed by atoms with van der Waals surface area (Å²) in [6, 6.07) is 14.7. The van der Waals surface area contributed by atoms with Gasteiger partial charge in [-0.25, -0.2) is 14.9 Å². The number of halogens is 1. The van der Waals surface area contributed by atoms with E-state index in [1.165, 1.54) is 12.1 Å². The van der Waals surface area contributed by atoms with Crippen LogP contribution in [0, 0.1) is 12.7 Å². The van der Waals surface area contributed by atoms with Gasteiger partial charge in [0.05, 0.1) is 11.4 Å². The van der Waals surface area contributed by atoms with Crippen molar-refractivity contribution in [2.45, 2.75) is 32.7 Å². The first-order valence-electron chi connectivity index (χ1n) is 11.3. The molecule has 1 atom stereocenters. The number of amides is 1. The third kappa shape index (κ3) is 5.05. The number of imidazole rings is 1. The summed E-state index contributed by atoms with van der Waals surface area (Å²) in [5.41, 5.74) is 5.94. The molecule has 172 valence electrons. The van der Waals surface area contributed by atoms with E-state index in [9.17, 15) is 9.18 Å². The molecule has 0 aliphatic carbocycles. The zero-order valence-electron chi connectivity index (χ0n) is 19.0. The normalized spacial score (nSPS) is 16.9. The van der Waals surface area contributed by atoms with Crippen LogP contribution in [0.2, 0.25) is 0 Å². The van der Waals surface area contributed by atoms with E-state index in [0.29, 0.717) is 0 Å². The number of likely N-dealkylation sites (tertiary alicyclic amines) is 1. The minimum Gasteiger partial charge on any atom is -0.319 e. The number of hydroxylamine groups is 1. The molecule has 2 aromatic carbocycles. The van der Waals surface area contributed by atoms with Crippen LogP contribution in [0.25, 0.3) is 28.7 Å². The Labute approximate surface area is 193 Å². The van der Waals surface area contributed by atoms with Crippen molar-refractivity contribution >= 4 is 12.0 Å². The molecule has 0 bridgehead atoms. The van der Waals surface area contributed by atoms with Gasteiger partial charge < -0.3 is 9.47 Å². The quantitative estimate of drug-likeness (QED) is 0.322. The molecule has 1 aromatic heterocycles. The standard InChI is InChI=1S/C26H29FN4O2/c1-3-30-14-6-11-23(17-30)31-25(20-8-5-10-22(27)16-20)18(2)28-26(31)21-9-4-7-19(15-21)12-13-24(32)29-33/h4-5,7-10,12-13,15-16,23,33H,3,6,11,14,17H2,1-2H3,(H,29,32)/b13-12+/t23-/m1/s1. The highest BCUT2D eigenvalue weighted by molar-refractivity contribution is 5.91. The molecule has 7 heteroatoms. The molecule has 0 saturated carbocycles. The maximum Gasteiger partial charge on any atom is 0.267 e. The first kappa shape index (κ1) is 22.9. The molecule has 0 unspecified atom stereocenters. The van der Waals surface area contributed by atoms with Gasteiger partial charge in [0.1, 0.15) is 11.6 Å². The Bertz CT molecular complexity index is 1170. The first-order chi connectivity index (χ1) is 16.0. The van der Waals surface area contributed by atoms with Gasteiger partial charge in [0.15, 0.2) is 0 Å². The van der Waals surface area contributed by atoms with Crippen molar-refractivity contribution < 1.29 is 14.4 Å². The number of carbonyl (C=O) groups excluding carboxylic acids is 1. The fourth-order valence-corrected chi connectivity index (χ4v) is 4.61. The molecular weight excluding hydrogens is 419 g/mol. The molecule has 1 amide bonds. The number of benzene rings is 2. The highest BCUT2D eigenvalue weighted by atomic mass is 19.1. The zero-order valence-corrected chi connectivity index (χ0v) is 19.0. The fraction of sp³-hybridized carbons (Fsp3) is 0.308. The first-order valence-corrected chi connectivity index (χ1v) is 11.3. The lowest BCUT2D eigenvalue weighted by Gasteiger charge is -2.34. The van der Waals surface area contributed by atoms with Crippen LogP contribution >= 0.6 is 0 Å². The van der Waals surface area contributed by atoms with Gasteiger partial charge in [-0.1, -0.05) is 37.3 Å². The van der Waals surface area contributed by atoms with Crippen LogP contribution in [-0.2, 0) is 4.79 Å². The largest absolute Gasteiger partial charge is 0.319 e. The van der Waals surface area contributed by atoms with Crippen molar-refractivity contribution in [3.8, 4) is 22.6 Å². The molecule has 3 aromatic rings. The Kier molecular flexibility index (Phi) is 7.01. The zero-order chi connectivity index (χ0) is 23.4. The number of piperidine rings is 1. The lowest BCUT2D eigenvalue weighted by molar-refractivity contribution is -0.124. The topological polar surface area (TPSA) is 70.4 Å². The van der Waals surface area contributed by atoms with Crippen molar-refractivity contribution in [2.24, 2.45) is 0 Å². The fourth-order valence-electron chi connectivity index (χ4n) is 4.61. The Morgan fingerprint density at radius 1 is 1.24 bits per heavy atom. The summed E-state index contributed by atoms with van der Waals surface area (Å²) >= 11 is 0. The van der Waals surface area contributed by atoms with Crippen LogP contribution in [-0.4, -0.2) is 45.2 Å². The highest BCUT2D eigenvalue weighted by Crippen LogP contribution is 2.36. The van der Waals surface area contributed by atoms with Gasteiger partial charge in [0, 0.05) is 29.8 Å². The van der Waals surface area contributed by atoms with E-state index >= 15 is 0 Å². The molecule has 2 N–H and O–H groups in total. The van der Waals surface area contributed by atoms with Crippen LogP contribution in [0.3, 0.4) is 0 Å². The van der Waals surface area contributed by atoms with E-state index in [-0.39, 0.29) is 11.9 Å². The summed E-state index contributed by atoms with van der Waals surface area (Å²) in [4.78, 5) is 18.8. The van der Waals surface area contributed by atoms with E-state index in [0.717, 1.165) is 66.4 Å². The number of carbonyl (C=O) groups is 1. The van der Waals surface area contributed by atoms with Crippen molar-refractivity contribution in [1.29, 1.82) is 0 Å². The number of hydrogen-bond acceptors (Lipinski definition) is 4. The Balaban J connectivity index is 1.84. The van der Waals surface area contributed by atoms with Gasteiger partial charge in [-0.05, 0) is 62.7 Å². The molecule has 2 heterocycles. The molecule has 6 nitrogen and oxygen atoms in total. The second-order valence-corrected chi connectivity index (χ2v) is 8.37. The smallest absolute Gasteiger partial charge is 0.267 e. The van der Waals surface area contributed by atoms with E-state index in [1.807, 2.05) is 37.3 Å². The van der Waals surface area contributed by atoms with Crippen LogP contribution in [0.5, 0.6) is 0 Å². The SMILES string of the molecule is CCN1CCC[C@@H](n2c(-c3cccc(/C=C/C(=O)NO)c3)nc(C)c2-c2cccc(F)c2)C1. The number of likely N-dealkylation sites (N-methyl/N-ethyl adjacent to an activating group) is 1. The average Bonchev–Trinajstić information content (AvgIpc) is 3.19. The number of rotatable bonds is 6. The molecule has 1 fully saturated rings. The number of nitrogens with zero attached hydrogens (tertiary/aromatic N) is 3. The van der Waals surface area contributed by atoms with Crippen LogP contribution in [0.15, 0.2) is 54.6 Å². The van der Waals surface area contributed by atoms with Crippen LogP contribution < -0.4 is 5.48 Å². The third-order valence-electron chi connectivity index (χ3n) is 6.16. The highest BCUT2D eigenvalue weighted by Gasteiger charge is 2.27. The second kappa shape index (κ2) is 10.1. The maximum atomic E-state index is 14.1. The van der Waals surface area contributed by atoms with Gasteiger partial charge in [0.25, 0.3) is 5.91 Å². The lowest BCUT2D eigenvalue weighted by Crippen LogP contribution is -2.36. The predicted molar refractivity (Wildman–Crippen MR) is 127 cm³/mol. The number of hydrogen-bond donors (Lipinski definition) is 2. The predicted octanol–water partition coefficient (Wildman–Crippen LogP) is 4.84. The molecule has 0 radical (unpaired) electrons. The number of aromatic nitrogens is 2. The molecule has 1 saturated heterocycles. The van der Waals surface area contributed by atoms with Crippen molar-refractivity contribution in [2.75, 3.05) is 19.6 Å². The minimum atomic E-state index is -0.590. The summed E-state index contributed by atoms with van der Waals surface area (Å²) in [6.45, 7) is 7.13. The second-order valence-electron chi connectivity index (χ2n) is 8.37. The summed E-state index contributed by atoms with van der Waals surface area (Å²) in [7, 11) is 0. The van der Waals surface area contributed by atoms with Crippen molar-refractivity contribution in [3.05, 3.63) is 71.7 Å². The summed E-state index contributed by atoms with van der Waals surface area (Å²) in [5.74, 6) is -0.0288. The van der Waals surface area contributed by atoms with Crippen LogP contribution in [0.1, 0.15) is 37.1 Å². The van der Waals surface area contributed by atoms with E-state index in [2.05, 4.69) is 16.4 Å². The van der Waals surface area contributed by atoms with E-state index in [1.54, 1.807) is 23.7 Å². The summed E-state index contributed by atoms with van der Waals surface area (Å²) < 4.78 is 16.4. The maximum absolute atomic E-state index is 14.1. The van der Waals surface area contributed by atoms with Crippen molar-refractivity contribution in [1.82, 2.24) is 19.9 Å². The Hall–Kier alpha value is -3.29. The summed E-state index contributed by atoms with van der Waals surface area (Å²) in [6.07, 6.45) is 5.03. The number of nitrogens with one attached hydrogen (secondary N) is 1. The molecule has 0 spiro atoms. The minimum absolute atomic E-state index is 0.215. The van der Waals surface area contributed by atoms with Gasteiger partial charge in [-0.2, -0.15) is 0 Å². The summed E-state index contributed by atoms with van der Waals surface area (Å²) in [5, 5.41) is 8.73. The van der Waals surface area contributed by atoms with Crippen molar-refractivity contribution in [3.63, 3.8) is 0 Å². The average molecular weight is 449 g/mol. The molecule has 4 rings (SSSR count). The third-order valence-corrected chi connectivity index (χ3v) is 6.16. The number of aryl methyl sites for hydroxylation is 1. The molecule has 1 aliphatic heterocycles. The van der Waals surface area contributed by atoms with Gasteiger partial charge in [-0.3, -0.25) is 10.0 Å². The molecular formula is C26H29FN4O2.